The van der Waals surface area contributed by atoms with Gasteiger partial charge in [0.1, 0.15) is 12.5 Å². The van der Waals surface area contributed by atoms with E-state index in [1.54, 1.807) is 0 Å². The molecule has 0 atom stereocenters. The maximum absolute atomic E-state index is 6.17. The van der Waals surface area contributed by atoms with Crippen LogP contribution in [-0.2, 0) is 16.2 Å². The van der Waals surface area contributed by atoms with Crippen LogP contribution in [0.3, 0.4) is 0 Å². The van der Waals surface area contributed by atoms with E-state index in [0.29, 0.717) is 12.8 Å². The van der Waals surface area contributed by atoms with Gasteiger partial charge < -0.3 is 19.4 Å². The fraction of sp³-hybridized carbons (Fsp3) is 0.500. The number of nitrogens with one attached hydrogen (secondary N) is 1. The zero-order valence-corrected chi connectivity index (χ0v) is 20.1. The lowest BCUT2D eigenvalue weighted by molar-refractivity contribution is 0.0903. The fourth-order valence-electron chi connectivity index (χ4n) is 3.90. The van der Waals surface area contributed by atoms with Gasteiger partial charge in [0.2, 0.25) is 0 Å². The Labute approximate surface area is 186 Å². The predicted molar refractivity (Wildman–Crippen MR) is 129 cm³/mol. The second-order valence-corrected chi connectivity index (χ2v) is 15.3. The van der Waals surface area contributed by atoms with Crippen molar-refractivity contribution < 1.29 is 9.47 Å². The van der Waals surface area contributed by atoms with Crippen molar-refractivity contribution in [2.45, 2.75) is 58.2 Å². The molecule has 1 saturated heterocycles. The molecule has 0 unspecified atom stereocenters. The summed E-state index contributed by atoms with van der Waals surface area (Å²) in [5, 5.41) is 4.72. The normalized spacial score (nSPS) is 15.5. The van der Waals surface area contributed by atoms with Crippen molar-refractivity contribution in [1.82, 2.24) is 14.5 Å². The van der Waals surface area contributed by atoms with Gasteiger partial charge in [-0.3, -0.25) is 4.98 Å². The summed E-state index contributed by atoms with van der Waals surface area (Å²) in [7, 11) is -1.12. The minimum Gasteiger partial charge on any atom is -0.381 e. The molecule has 166 valence electrons. The summed E-state index contributed by atoms with van der Waals surface area (Å²) in [6.45, 7) is 12.1. The van der Waals surface area contributed by atoms with E-state index in [1.165, 1.54) is 0 Å². The molecule has 3 aromatic rings. The third-order valence-corrected chi connectivity index (χ3v) is 7.47. The molecule has 4 heterocycles. The molecule has 1 aliphatic rings. The van der Waals surface area contributed by atoms with E-state index >= 15 is 0 Å². The molecule has 1 fully saturated rings. The van der Waals surface area contributed by atoms with Crippen molar-refractivity contribution in [3.8, 4) is 11.3 Å². The number of fused-ring (bicyclic) bond motifs is 1. The van der Waals surface area contributed by atoms with E-state index in [9.17, 15) is 0 Å². The Morgan fingerprint density at radius 3 is 2.71 bits per heavy atom. The Morgan fingerprint density at radius 1 is 1.16 bits per heavy atom. The average Bonchev–Trinajstić information content (AvgIpc) is 3.09. The Hall–Kier alpha value is -2.22. The number of pyridine rings is 2. The first-order valence-electron chi connectivity index (χ1n) is 11.2. The average molecular weight is 439 g/mol. The maximum atomic E-state index is 6.17. The molecule has 0 saturated carbocycles. The maximum Gasteiger partial charge on any atom is 0.128 e. The first-order chi connectivity index (χ1) is 14.9. The molecule has 31 heavy (non-hydrogen) atoms. The minimum atomic E-state index is -1.12. The first-order valence-corrected chi connectivity index (χ1v) is 14.9. The summed E-state index contributed by atoms with van der Waals surface area (Å²) >= 11 is 0. The highest BCUT2D eigenvalue weighted by atomic mass is 28.3. The SMILES string of the molecule is Cc1cc(-c2cc3cnc(NC4CCOCC4)cc3n2COCC[Si](C)(C)C)ccn1. The van der Waals surface area contributed by atoms with Crippen LogP contribution in [0.2, 0.25) is 25.7 Å². The smallest absolute Gasteiger partial charge is 0.128 e. The highest BCUT2D eigenvalue weighted by molar-refractivity contribution is 6.76. The van der Waals surface area contributed by atoms with E-state index in [2.05, 4.69) is 63.8 Å². The molecule has 0 aromatic carbocycles. The lowest BCUT2D eigenvalue weighted by Gasteiger charge is -2.23. The number of aromatic nitrogens is 3. The number of aryl methyl sites for hydroxylation is 1. The van der Waals surface area contributed by atoms with Crippen LogP contribution in [0.5, 0.6) is 0 Å². The zero-order valence-electron chi connectivity index (χ0n) is 19.1. The Bertz CT molecular complexity index is 1020. The summed E-state index contributed by atoms with van der Waals surface area (Å²) in [5.74, 6) is 0.915. The number of ether oxygens (including phenoxy) is 2. The number of hydrogen-bond acceptors (Lipinski definition) is 5. The van der Waals surface area contributed by atoms with Crippen molar-refractivity contribution >= 4 is 24.8 Å². The third kappa shape index (κ3) is 5.73. The van der Waals surface area contributed by atoms with E-state index in [-0.39, 0.29) is 0 Å². The largest absolute Gasteiger partial charge is 0.381 e. The van der Waals surface area contributed by atoms with Crippen LogP contribution >= 0.6 is 0 Å². The summed E-state index contributed by atoms with van der Waals surface area (Å²) in [6, 6.07) is 10.1. The first kappa shape index (κ1) is 22.0. The molecule has 6 nitrogen and oxygen atoms in total. The van der Waals surface area contributed by atoms with Crippen LogP contribution in [0, 0.1) is 6.92 Å². The van der Waals surface area contributed by atoms with E-state index in [4.69, 9.17) is 9.47 Å². The Kier molecular flexibility index (Phi) is 6.74. The van der Waals surface area contributed by atoms with Gasteiger partial charge in [-0.1, -0.05) is 19.6 Å². The molecule has 0 spiro atoms. The van der Waals surface area contributed by atoms with Crippen molar-refractivity contribution in [3.63, 3.8) is 0 Å². The lowest BCUT2D eigenvalue weighted by Crippen LogP contribution is -2.28. The fourth-order valence-corrected chi connectivity index (χ4v) is 4.66. The summed E-state index contributed by atoms with van der Waals surface area (Å²) in [5.41, 5.74) is 4.44. The number of nitrogens with zero attached hydrogens (tertiary/aromatic N) is 3. The van der Waals surface area contributed by atoms with Crippen LogP contribution in [0.25, 0.3) is 22.2 Å². The van der Waals surface area contributed by atoms with Gasteiger partial charge >= 0.3 is 0 Å². The summed E-state index contributed by atoms with van der Waals surface area (Å²) in [4.78, 5) is 9.04. The van der Waals surface area contributed by atoms with Crippen molar-refractivity contribution in [2.75, 3.05) is 25.1 Å². The van der Waals surface area contributed by atoms with Gasteiger partial charge in [0, 0.05) is 69.0 Å². The molecule has 0 bridgehead atoms. The predicted octanol–water partition coefficient (Wildman–Crippen LogP) is 5.31. The molecule has 1 aliphatic heterocycles. The van der Waals surface area contributed by atoms with Gasteiger partial charge in [-0.15, -0.1) is 0 Å². The number of hydrogen-bond donors (Lipinski definition) is 1. The molecular weight excluding hydrogens is 404 g/mol. The van der Waals surface area contributed by atoms with Gasteiger partial charge in [-0.05, 0) is 44.0 Å². The summed E-state index contributed by atoms with van der Waals surface area (Å²) < 4.78 is 13.9. The van der Waals surface area contributed by atoms with Gasteiger partial charge in [0.25, 0.3) is 0 Å². The van der Waals surface area contributed by atoms with Crippen LogP contribution in [0.1, 0.15) is 18.5 Å². The monoisotopic (exact) mass is 438 g/mol. The van der Waals surface area contributed by atoms with Gasteiger partial charge in [0.05, 0.1) is 11.2 Å². The second-order valence-electron chi connectivity index (χ2n) is 9.65. The van der Waals surface area contributed by atoms with Gasteiger partial charge in [-0.25, -0.2) is 4.98 Å². The molecular formula is C24H34N4O2Si. The van der Waals surface area contributed by atoms with E-state index in [0.717, 1.165) is 72.4 Å². The number of rotatable bonds is 8. The Morgan fingerprint density at radius 2 is 1.97 bits per heavy atom. The lowest BCUT2D eigenvalue weighted by atomic mass is 10.1. The van der Waals surface area contributed by atoms with Gasteiger partial charge in [0.15, 0.2) is 0 Å². The highest BCUT2D eigenvalue weighted by Gasteiger charge is 2.17. The minimum absolute atomic E-state index is 0.414. The van der Waals surface area contributed by atoms with Crippen molar-refractivity contribution in [1.29, 1.82) is 0 Å². The number of anilines is 1. The molecule has 4 rings (SSSR count). The van der Waals surface area contributed by atoms with Crippen LogP contribution in [-0.4, -0.2) is 48.5 Å². The molecule has 0 aliphatic carbocycles. The molecule has 1 N–H and O–H groups in total. The Balaban J connectivity index is 1.64. The van der Waals surface area contributed by atoms with Crippen LogP contribution in [0.4, 0.5) is 5.82 Å². The van der Waals surface area contributed by atoms with Gasteiger partial charge in [-0.2, -0.15) is 0 Å². The zero-order chi connectivity index (χ0) is 21.8. The molecule has 3 aromatic heterocycles. The van der Waals surface area contributed by atoms with Crippen molar-refractivity contribution in [3.05, 3.63) is 42.4 Å². The third-order valence-electron chi connectivity index (χ3n) is 5.77. The molecule has 0 radical (unpaired) electrons. The van der Waals surface area contributed by atoms with E-state index in [1.807, 2.05) is 19.3 Å². The van der Waals surface area contributed by atoms with Crippen LogP contribution < -0.4 is 5.32 Å². The standard InChI is InChI=1S/C24H34N4O2Si/c1-18-13-19(5-8-25-18)22-14-20-16-26-24(27-21-6-9-29-10-7-21)15-23(20)28(22)17-30-11-12-31(2,3)4/h5,8,13-16,21H,6-7,9-12,17H2,1-4H3,(H,26,27). The van der Waals surface area contributed by atoms with Crippen LogP contribution in [0.15, 0.2) is 36.7 Å². The quantitative estimate of drug-likeness (QED) is 0.381. The molecule has 7 heteroatoms. The molecule has 0 amide bonds. The topological polar surface area (TPSA) is 61.2 Å². The van der Waals surface area contributed by atoms with Crippen molar-refractivity contribution in [2.24, 2.45) is 0 Å². The van der Waals surface area contributed by atoms with E-state index < -0.39 is 8.07 Å². The summed E-state index contributed by atoms with van der Waals surface area (Å²) in [6.07, 6.45) is 5.87. The second kappa shape index (κ2) is 9.50. The highest BCUT2D eigenvalue weighted by Crippen LogP contribution is 2.30.